The van der Waals surface area contributed by atoms with E-state index in [4.69, 9.17) is 5.73 Å². The van der Waals surface area contributed by atoms with Gasteiger partial charge in [-0.25, -0.2) is 0 Å². The van der Waals surface area contributed by atoms with Crippen molar-refractivity contribution in [3.8, 4) is 0 Å². The zero-order valence-electron chi connectivity index (χ0n) is 18.0. The Kier molecular flexibility index (Phi) is 6.40. The van der Waals surface area contributed by atoms with Gasteiger partial charge in [-0.1, -0.05) is 43.3 Å². The first kappa shape index (κ1) is 23.2. The third-order valence-electron chi connectivity index (χ3n) is 5.09. The second-order valence-electron chi connectivity index (χ2n) is 6.94. The molecule has 9 heteroatoms. The SMILES string of the molecule is CCc1cccc(Nc2cc(S(=O)(=O)O)c(N)c3c2C(=O)c2ccccc2C3=O)c1.[H-].[Na+]. The van der Waals surface area contributed by atoms with Crippen molar-refractivity contribution in [3.63, 3.8) is 0 Å². The van der Waals surface area contributed by atoms with E-state index in [1.807, 2.05) is 25.1 Å². The van der Waals surface area contributed by atoms with Gasteiger partial charge < -0.3 is 12.5 Å². The van der Waals surface area contributed by atoms with Crippen LogP contribution in [0.4, 0.5) is 17.1 Å². The van der Waals surface area contributed by atoms with Gasteiger partial charge in [0.25, 0.3) is 10.1 Å². The van der Waals surface area contributed by atoms with Crippen LogP contribution < -0.4 is 40.6 Å². The number of benzene rings is 3. The van der Waals surface area contributed by atoms with Crippen molar-refractivity contribution in [3.05, 3.63) is 82.4 Å². The van der Waals surface area contributed by atoms with Crippen LogP contribution in [0.15, 0.2) is 59.5 Å². The first-order valence-corrected chi connectivity index (χ1v) is 10.6. The zero-order chi connectivity index (χ0) is 21.6. The van der Waals surface area contributed by atoms with E-state index in [1.54, 1.807) is 18.2 Å². The first-order valence-electron chi connectivity index (χ1n) is 9.20. The fourth-order valence-corrected chi connectivity index (χ4v) is 4.28. The van der Waals surface area contributed by atoms with E-state index in [2.05, 4.69) is 5.32 Å². The molecule has 0 aliphatic heterocycles. The van der Waals surface area contributed by atoms with Crippen LogP contribution in [0.1, 0.15) is 45.8 Å². The molecule has 154 valence electrons. The Morgan fingerprint density at radius 3 is 2.16 bits per heavy atom. The molecular formula is C22H19N2NaO5S. The third kappa shape index (κ3) is 4.05. The molecule has 0 spiro atoms. The summed E-state index contributed by atoms with van der Waals surface area (Å²) in [6, 6.07) is 14.7. The molecule has 3 aromatic carbocycles. The maximum Gasteiger partial charge on any atom is 1.00 e. The number of fused-ring (bicyclic) bond motifs is 2. The average molecular weight is 446 g/mol. The van der Waals surface area contributed by atoms with Crippen molar-refractivity contribution in [1.29, 1.82) is 0 Å². The number of nitrogens with one attached hydrogen (secondary N) is 1. The number of carbonyl (C=O) groups is 2. The van der Waals surface area contributed by atoms with E-state index < -0.39 is 32.3 Å². The monoisotopic (exact) mass is 446 g/mol. The van der Waals surface area contributed by atoms with Gasteiger partial charge in [0.1, 0.15) is 4.90 Å². The van der Waals surface area contributed by atoms with Crippen molar-refractivity contribution in [2.75, 3.05) is 11.1 Å². The Balaban J connectivity index is 0.00000181. The van der Waals surface area contributed by atoms with Gasteiger partial charge in [0, 0.05) is 16.8 Å². The summed E-state index contributed by atoms with van der Waals surface area (Å²) in [5.41, 5.74) is 7.30. The molecule has 0 heterocycles. The van der Waals surface area contributed by atoms with Crippen molar-refractivity contribution >= 4 is 38.7 Å². The maximum absolute atomic E-state index is 13.2. The molecule has 4 rings (SSSR count). The van der Waals surface area contributed by atoms with Gasteiger partial charge in [-0.3, -0.25) is 14.1 Å². The molecule has 0 saturated heterocycles. The molecule has 31 heavy (non-hydrogen) atoms. The minimum atomic E-state index is -4.74. The second-order valence-corrected chi connectivity index (χ2v) is 8.33. The number of hydrogen-bond acceptors (Lipinski definition) is 6. The van der Waals surface area contributed by atoms with E-state index in [0.29, 0.717) is 5.69 Å². The summed E-state index contributed by atoms with van der Waals surface area (Å²) in [4.78, 5) is 25.7. The predicted molar refractivity (Wildman–Crippen MR) is 114 cm³/mol. The van der Waals surface area contributed by atoms with E-state index in [9.17, 15) is 22.6 Å². The van der Waals surface area contributed by atoms with E-state index >= 15 is 0 Å². The Bertz CT molecular complexity index is 1340. The number of rotatable bonds is 4. The number of hydrogen-bond donors (Lipinski definition) is 3. The Morgan fingerprint density at radius 1 is 0.968 bits per heavy atom. The average Bonchev–Trinajstić information content (AvgIpc) is 2.72. The Hall–Kier alpha value is -2.49. The summed E-state index contributed by atoms with van der Waals surface area (Å²) in [5.74, 6) is -1.03. The van der Waals surface area contributed by atoms with Gasteiger partial charge in [0.2, 0.25) is 0 Å². The summed E-state index contributed by atoms with van der Waals surface area (Å²) >= 11 is 0. The van der Waals surface area contributed by atoms with Crippen LogP contribution in [0.5, 0.6) is 0 Å². The standard InChI is InChI=1S/C22H18N2O5S.Na.H/c1-2-12-6-5-7-13(10-12)24-16-11-17(30(27,28)29)20(23)19-18(16)21(25)14-8-3-4-9-15(14)22(19)26;;/h3-11,24H,2,23H2,1H3,(H,27,28,29);;/q;+1;-1. The molecule has 0 bridgehead atoms. The largest absolute Gasteiger partial charge is 1.00 e. The molecule has 1 aliphatic rings. The third-order valence-corrected chi connectivity index (χ3v) is 5.99. The summed E-state index contributed by atoms with van der Waals surface area (Å²) in [5, 5.41) is 3.02. The number of carbonyl (C=O) groups excluding carboxylic acids is 2. The molecule has 0 radical (unpaired) electrons. The predicted octanol–water partition coefficient (Wildman–Crippen LogP) is 0.713. The number of nitrogen functional groups attached to an aromatic ring is 1. The fraction of sp³-hybridized carbons (Fsp3) is 0.0909. The summed E-state index contributed by atoms with van der Waals surface area (Å²) in [6.45, 7) is 1.99. The topological polar surface area (TPSA) is 127 Å². The number of nitrogens with two attached hydrogens (primary N) is 1. The van der Waals surface area contributed by atoms with Crippen LogP contribution >= 0.6 is 0 Å². The Labute approximate surface area is 203 Å². The van der Waals surface area contributed by atoms with Crippen LogP contribution in [-0.2, 0) is 16.5 Å². The number of aryl methyl sites for hydroxylation is 1. The van der Waals surface area contributed by atoms with E-state index in [0.717, 1.165) is 18.1 Å². The molecule has 0 aromatic heterocycles. The van der Waals surface area contributed by atoms with Crippen LogP contribution in [0.25, 0.3) is 0 Å². The van der Waals surface area contributed by atoms with Crippen LogP contribution in [0.2, 0.25) is 0 Å². The molecule has 0 unspecified atom stereocenters. The first-order chi connectivity index (χ1) is 14.2. The van der Waals surface area contributed by atoms with Crippen LogP contribution in [0, 0.1) is 0 Å². The van der Waals surface area contributed by atoms with Crippen molar-refractivity contribution < 1.29 is 53.5 Å². The zero-order valence-corrected chi connectivity index (χ0v) is 19.8. The number of anilines is 3. The molecule has 7 nitrogen and oxygen atoms in total. The molecular weight excluding hydrogens is 427 g/mol. The van der Waals surface area contributed by atoms with Crippen molar-refractivity contribution in [2.24, 2.45) is 0 Å². The molecule has 0 atom stereocenters. The van der Waals surface area contributed by atoms with Crippen LogP contribution in [-0.4, -0.2) is 24.5 Å². The van der Waals surface area contributed by atoms with E-state index in [1.165, 1.54) is 12.1 Å². The van der Waals surface area contributed by atoms with Gasteiger partial charge in [0.15, 0.2) is 11.6 Å². The van der Waals surface area contributed by atoms with Gasteiger partial charge in [-0.2, -0.15) is 8.42 Å². The Morgan fingerprint density at radius 2 is 1.58 bits per heavy atom. The molecule has 0 saturated carbocycles. The summed E-state index contributed by atoms with van der Waals surface area (Å²) in [7, 11) is -4.74. The minimum Gasteiger partial charge on any atom is -1.00 e. The maximum atomic E-state index is 13.2. The fourth-order valence-electron chi connectivity index (χ4n) is 3.63. The van der Waals surface area contributed by atoms with Gasteiger partial charge in [-0.05, 0) is 30.2 Å². The van der Waals surface area contributed by atoms with Gasteiger partial charge in [-0.15, -0.1) is 0 Å². The normalized spacial score (nSPS) is 12.6. The van der Waals surface area contributed by atoms with Gasteiger partial charge in [0.05, 0.1) is 22.5 Å². The van der Waals surface area contributed by atoms with Crippen molar-refractivity contribution in [1.82, 2.24) is 0 Å². The minimum absolute atomic E-state index is 0. The second kappa shape index (κ2) is 8.57. The van der Waals surface area contributed by atoms with Gasteiger partial charge >= 0.3 is 29.6 Å². The summed E-state index contributed by atoms with van der Waals surface area (Å²) in [6.07, 6.45) is 0.774. The molecule has 4 N–H and O–H groups in total. The summed E-state index contributed by atoms with van der Waals surface area (Å²) < 4.78 is 33.5. The molecule has 3 aromatic rings. The smallest absolute Gasteiger partial charge is 1.00 e. The number of ketones is 2. The molecule has 1 aliphatic carbocycles. The van der Waals surface area contributed by atoms with Crippen LogP contribution in [0.3, 0.4) is 0 Å². The quantitative estimate of drug-likeness (QED) is 0.239. The van der Waals surface area contributed by atoms with E-state index in [-0.39, 0.29) is 58.9 Å². The van der Waals surface area contributed by atoms with Crippen molar-refractivity contribution in [2.45, 2.75) is 18.2 Å². The molecule has 0 amide bonds. The molecule has 0 fully saturated rings.